The van der Waals surface area contributed by atoms with Crippen molar-refractivity contribution in [3.05, 3.63) is 95.1 Å². The van der Waals surface area contributed by atoms with Crippen LogP contribution in [0.25, 0.3) is 0 Å². The van der Waals surface area contributed by atoms with Crippen molar-refractivity contribution in [2.24, 2.45) is 4.99 Å². The van der Waals surface area contributed by atoms with E-state index in [1.165, 1.54) is 5.56 Å². The predicted molar refractivity (Wildman–Crippen MR) is 135 cm³/mol. The molecule has 1 amide bonds. The van der Waals surface area contributed by atoms with Gasteiger partial charge in [-0.2, -0.15) is 0 Å². The summed E-state index contributed by atoms with van der Waals surface area (Å²) in [5, 5.41) is 6.26. The number of ether oxygens (including phenoxy) is 1. The molecule has 4 rings (SSSR count). The van der Waals surface area contributed by atoms with Gasteiger partial charge in [0.2, 0.25) is 5.91 Å². The topological polar surface area (TPSA) is 79.8 Å². The molecule has 3 aromatic carbocycles. The maximum absolute atomic E-state index is 13.1. The van der Waals surface area contributed by atoms with Crippen LogP contribution in [0.1, 0.15) is 46.8 Å². The minimum atomic E-state index is -0.581. The Morgan fingerprint density at radius 2 is 1.76 bits per heavy atom. The molecule has 1 unspecified atom stereocenters. The lowest BCUT2D eigenvalue weighted by molar-refractivity contribution is -0.115. The van der Waals surface area contributed by atoms with Gasteiger partial charge >= 0.3 is 5.97 Å². The molecule has 0 bridgehead atoms. The lowest BCUT2D eigenvalue weighted by Crippen LogP contribution is -2.21. The molecule has 3 aromatic rings. The molecule has 1 atom stereocenters. The van der Waals surface area contributed by atoms with Crippen LogP contribution in [0.3, 0.4) is 0 Å². The van der Waals surface area contributed by atoms with Crippen LogP contribution in [-0.4, -0.2) is 37.3 Å². The largest absolute Gasteiger partial charge is 0.462 e. The number of likely N-dealkylation sites (N-methyl/N-ethyl adjacent to an activating group) is 1. The van der Waals surface area contributed by atoms with Crippen molar-refractivity contribution in [1.29, 1.82) is 0 Å². The summed E-state index contributed by atoms with van der Waals surface area (Å²) in [7, 11) is 0. The zero-order valence-corrected chi connectivity index (χ0v) is 19.5. The van der Waals surface area contributed by atoms with E-state index in [2.05, 4.69) is 29.7 Å². The summed E-state index contributed by atoms with van der Waals surface area (Å²) in [4.78, 5) is 30.2. The Balaban J connectivity index is 1.69. The Kier molecular flexibility index (Phi) is 7.50. The van der Waals surface area contributed by atoms with Crippen molar-refractivity contribution >= 4 is 29.0 Å². The monoisotopic (exact) mass is 455 g/mol. The zero-order chi connectivity index (χ0) is 23.9. The number of hydrogen-bond donors (Lipinski definition) is 2. The van der Waals surface area contributed by atoms with Gasteiger partial charge in [0.05, 0.1) is 23.6 Å². The Hall–Kier alpha value is -3.77. The van der Waals surface area contributed by atoms with Crippen molar-refractivity contribution in [2.75, 3.05) is 25.0 Å². The van der Waals surface area contributed by atoms with E-state index >= 15 is 0 Å². The highest BCUT2D eigenvalue weighted by molar-refractivity contribution is 6.24. The fraction of sp³-hybridized carbons (Fsp3) is 0.250. The predicted octanol–water partition coefficient (Wildman–Crippen LogP) is 4.87. The lowest BCUT2D eigenvalue weighted by Gasteiger charge is -2.14. The molecule has 6 nitrogen and oxygen atoms in total. The van der Waals surface area contributed by atoms with E-state index in [4.69, 9.17) is 9.73 Å². The molecule has 34 heavy (non-hydrogen) atoms. The number of esters is 1. The number of rotatable bonds is 9. The maximum atomic E-state index is 13.1. The number of anilines is 1. The normalized spacial score (nSPS) is 15.1. The Bertz CT molecular complexity index is 1190. The van der Waals surface area contributed by atoms with Gasteiger partial charge in [-0.3, -0.25) is 9.79 Å². The summed E-state index contributed by atoms with van der Waals surface area (Å²) in [5.74, 6) is -1.16. The quantitative estimate of drug-likeness (QED) is 0.274. The van der Waals surface area contributed by atoms with E-state index in [0.717, 1.165) is 36.3 Å². The highest BCUT2D eigenvalue weighted by atomic mass is 16.5. The smallest absolute Gasteiger partial charge is 0.338 e. The number of aliphatic imine (C=N–C) groups is 1. The standard InChI is InChI=1S/C28H29N3O3/c1-3-29-17-16-19-10-13-22(14-11-19)30-26(20-8-6-5-7-9-20)25-23-15-12-21(28(33)34-4-2)18-24(23)31-27(25)32/h5-15,18,25,29H,3-4,16-17H2,1-2H3,(H,31,32). The van der Waals surface area contributed by atoms with Gasteiger partial charge in [0.15, 0.2) is 0 Å². The molecule has 1 heterocycles. The van der Waals surface area contributed by atoms with Crippen LogP contribution in [0.5, 0.6) is 0 Å². The first kappa shape index (κ1) is 23.4. The Morgan fingerprint density at radius 3 is 2.47 bits per heavy atom. The Morgan fingerprint density at radius 1 is 1.00 bits per heavy atom. The summed E-state index contributed by atoms with van der Waals surface area (Å²) in [6, 6.07) is 23.0. The van der Waals surface area contributed by atoms with E-state index < -0.39 is 11.9 Å². The van der Waals surface area contributed by atoms with E-state index in [1.54, 1.807) is 19.1 Å². The number of nitrogens with zero attached hydrogens (tertiary/aromatic N) is 1. The molecule has 0 saturated heterocycles. The van der Waals surface area contributed by atoms with Crippen LogP contribution in [0.15, 0.2) is 77.8 Å². The minimum Gasteiger partial charge on any atom is -0.462 e. The molecular formula is C28H29N3O3. The van der Waals surface area contributed by atoms with Crippen molar-refractivity contribution in [2.45, 2.75) is 26.2 Å². The first-order valence-corrected chi connectivity index (χ1v) is 11.7. The molecule has 6 heteroatoms. The molecule has 0 fully saturated rings. The average molecular weight is 456 g/mol. The summed E-state index contributed by atoms with van der Waals surface area (Å²) in [5.41, 5.74) is 5.38. The van der Waals surface area contributed by atoms with Crippen molar-refractivity contribution in [1.82, 2.24) is 5.32 Å². The molecule has 0 spiro atoms. The van der Waals surface area contributed by atoms with Crippen LogP contribution < -0.4 is 10.6 Å². The first-order valence-electron chi connectivity index (χ1n) is 11.7. The van der Waals surface area contributed by atoms with E-state index in [9.17, 15) is 9.59 Å². The molecule has 1 aliphatic heterocycles. The van der Waals surface area contributed by atoms with Gasteiger partial charge in [0, 0.05) is 5.69 Å². The van der Waals surface area contributed by atoms with E-state index in [-0.39, 0.29) is 5.91 Å². The van der Waals surface area contributed by atoms with Crippen LogP contribution in [-0.2, 0) is 16.0 Å². The SMILES string of the molecule is CCNCCc1ccc(N=C(c2ccccc2)C2C(=O)Nc3cc(C(=O)OCC)ccc32)cc1. The van der Waals surface area contributed by atoms with Crippen LogP contribution in [0.4, 0.5) is 11.4 Å². The van der Waals surface area contributed by atoms with Crippen molar-refractivity contribution in [3.63, 3.8) is 0 Å². The second kappa shape index (κ2) is 10.9. The minimum absolute atomic E-state index is 0.166. The molecule has 0 radical (unpaired) electrons. The van der Waals surface area contributed by atoms with E-state index in [1.807, 2.05) is 48.5 Å². The average Bonchev–Trinajstić information content (AvgIpc) is 3.19. The molecule has 1 aliphatic rings. The summed E-state index contributed by atoms with van der Waals surface area (Å²) >= 11 is 0. The fourth-order valence-corrected chi connectivity index (χ4v) is 4.07. The molecule has 2 N–H and O–H groups in total. The zero-order valence-electron chi connectivity index (χ0n) is 19.5. The summed E-state index contributed by atoms with van der Waals surface area (Å²) in [6.07, 6.45) is 0.949. The van der Waals surface area contributed by atoms with Gasteiger partial charge in [-0.15, -0.1) is 0 Å². The van der Waals surface area contributed by atoms with Crippen molar-refractivity contribution in [3.8, 4) is 0 Å². The van der Waals surface area contributed by atoms with E-state index in [0.29, 0.717) is 23.6 Å². The van der Waals surface area contributed by atoms with Gasteiger partial charge in [0.1, 0.15) is 5.92 Å². The second-order valence-corrected chi connectivity index (χ2v) is 8.08. The summed E-state index contributed by atoms with van der Waals surface area (Å²) in [6.45, 7) is 6.04. The third-order valence-corrected chi connectivity index (χ3v) is 5.76. The molecular weight excluding hydrogens is 426 g/mol. The Labute approximate surface area is 200 Å². The van der Waals surface area contributed by atoms with Crippen LogP contribution >= 0.6 is 0 Å². The molecule has 174 valence electrons. The highest BCUT2D eigenvalue weighted by Gasteiger charge is 2.36. The number of benzene rings is 3. The number of hydrogen-bond acceptors (Lipinski definition) is 5. The van der Waals surface area contributed by atoms with Gasteiger partial charge in [0.25, 0.3) is 0 Å². The third kappa shape index (κ3) is 5.24. The number of amides is 1. The number of fused-ring (bicyclic) bond motifs is 1. The number of nitrogens with one attached hydrogen (secondary N) is 2. The summed E-state index contributed by atoms with van der Waals surface area (Å²) < 4.78 is 5.10. The van der Waals surface area contributed by atoms with Gasteiger partial charge < -0.3 is 15.4 Å². The maximum Gasteiger partial charge on any atom is 0.338 e. The first-order chi connectivity index (χ1) is 16.6. The number of carbonyl (C=O) groups excluding carboxylic acids is 2. The van der Waals surface area contributed by atoms with Crippen LogP contribution in [0, 0.1) is 0 Å². The van der Waals surface area contributed by atoms with Gasteiger partial charge in [-0.25, -0.2) is 4.79 Å². The van der Waals surface area contributed by atoms with Crippen LogP contribution in [0.2, 0.25) is 0 Å². The highest BCUT2D eigenvalue weighted by Crippen LogP contribution is 2.37. The van der Waals surface area contributed by atoms with Crippen molar-refractivity contribution < 1.29 is 14.3 Å². The molecule has 0 aromatic heterocycles. The van der Waals surface area contributed by atoms with Gasteiger partial charge in [-0.1, -0.05) is 55.5 Å². The molecule has 0 saturated carbocycles. The second-order valence-electron chi connectivity index (χ2n) is 8.08. The third-order valence-electron chi connectivity index (χ3n) is 5.76. The number of carbonyl (C=O) groups is 2. The molecule has 0 aliphatic carbocycles. The van der Waals surface area contributed by atoms with Gasteiger partial charge in [-0.05, 0) is 67.4 Å². The lowest BCUT2D eigenvalue weighted by atomic mass is 9.90. The fourth-order valence-electron chi connectivity index (χ4n) is 4.07.